The van der Waals surface area contributed by atoms with Gasteiger partial charge in [-0.2, -0.15) is 0 Å². The van der Waals surface area contributed by atoms with Crippen LogP contribution >= 0.6 is 15.6 Å². The molecule has 0 radical (unpaired) electrons. The number of aliphatic hydroxyl groups excluding tert-OH is 1. The average molecular weight is 1370 g/mol. The lowest BCUT2D eigenvalue weighted by molar-refractivity contribution is -0.161. The molecular formula is C74H144O17P2. The molecule has 0 fully saturated rings. The van der Waals surface area contributed by atoms with Gasteiger partial charge in [-0.1, -0.05) is 325 Å². The number of carbonyl (C=O) groups is 4. The summed E-state index contributed by atoms with van der Waals surface area (Å²) in [6, 6.07) is 0. The van der Waals surface area contributed by atoms with E-state index in [0.717, 1.165) is 115 Å². The highest BCUT2D eigenvalue weighted by Crippen LogP contribution is 2.45. The number of aliphatic hydroxyl groups is 1. The summed E-state index contributed by atoms with van der Waals surface area (Å²) in [6.07, 6.45) is 50.1. The minimum atomic E-state index is -4.96. The quantitative estimate of drug-likeness (QED) is 0.0222. The van der Waals surface area contributed by atoms with Crippen LogP contribution in [0.3, 0.4) is 0 Å². The van der Waals surface area contributed by atoms with E-state index in [1.54, 1.807) is 0 Å². The summed E-state index contributed by atoms with van der Waals surface area (Å²) < 4.78 is 68.3. The molecule has 93 heavy (non-hydrogen) atoms. The maximum atomic E-state index is 13.1. The van der Waals surface area contributed by atoms with Crippen LogP contribution in [0.4, 0.5) is 0 Å². The summed E-state index contributed by atoms with van der Waals surface area (Å²) in [4.78, 5) is 72.5. The summed E-state index contributed by atoms with van der Waals surface area (Å²) in [5.41, 5.74) is 0. The summed E-state index contributed by atoms with van der Waals surface area (Å²) >= 11 is 0. The number of phosphoric ester groups is 2. The smallest absolute Gasteiger partial charge is 0.462 e. The van der Waals surface area contributed by atoms with Crippen molar-refractivity contribution in [3.63, 3.8) is 0 Å². The second-order valence-electron chi connectivity index (χ2n) is 27.6. The molecule has 0 aromatic carbocycles. The molecule has 0 saturated heterocycles. The summed E-state index contributed by atoms with van der Waals surface area (Å²) in [6.45, 7) is 11.9. The van der Waals surface area contributed by atoms with E-state index >= 15 is 0 Å². The van der Waals surface area contributed by atoms with Gasteiger partial charge in [-0.15, -0.1) is 0 Å². The Labute approximate surface area is 568 Å². The normalized spacial score (nSPS) is 14.7. The molecule has 0 aromatic rings. The van der Waals surface area contributed by atoms with Crippen molar-refractivity contribution in [2.75, 3.05) is 39.6 Å². The van der Waals surface area contributed by atoms with Crippen molar-refractivity contribution >= 4 is 39.5 Å². The molecule has 7 atom stereocenters. The molecule has 0 heterocycles. The van der Waals surface area contributed by atoms with Gasteiger partial charge in [0.1, 0.15) is 19.3 Å². The molecule has 0 saturated carbocycles. The molecule has 4 unspecified atom stereocenters. The van der Waals surface area contributed by atoms with E-state index in [1.165, 1.54) is 173 Å². The largest absolute Gasteiger partial charge is 0.472 e. The van der Waals surface area contributed by atoms with Gasteiger partial charge >= 0.3 is 39.5 Å². The summed E-state index contributed by atoms with van der Waals surface area (Å²) in [5, 5.41) is 10.6. The van der Waals surface area contributed by atoms with E-state index in [9.17, 15) is 43.2 Å². The first-order chi connectivity index (χ1) is 44.8. The fourth-order valence-corrected chi connectivity index (χ4v) is 12.8. The molecule has 0 aliphatic rings. The molecule has 19 heteroatoms. The predicted molar refractivity (Wildman–Crippen MR) is 377 cm³/mol. The molecule has 0 rings (SSSR count). The number of ether oxygens (including phenoxy) is 4. The number of hydrogen-bond donors (Lipinski definition) is 3. The van der Waals surface area contributed by atoms with Gasteiger partial charge in [0.15, 0.2) is 12.2 Å². The Balaban J connectivity index is 5.19. The Hall–Kier alpha value is -1.94. The lowest BCUT2D eigenvalue weighted by atomic mass is 9.99. The molecule has 0 bridgehead atoms. The molecule has 0 aliphatic heterocycles. The lowest BCUT2D eigenvalue weighted by Gasteiger charge is -2.21. The number of carbonyl (C=O) groups excluding carboxylic acids is 4. The topological polar surface area (TPSA) is 237 Å². The molecule has 0 spiro atoms. The van der Waals surface area contributed by atoms with Crippen molar-refractivity contribution in [2.45, 2.75) is 394 Å². The second kappa shape index (κ2) is 64.7. The molecule has 17 nitrogen and oxygen atoms in total. The van der Waals surface area contributed by atoms with Crippen LogP contribution in [0.25, 0.3) is 0 Å². The number of phosphoric acid groups is 2. The highest BCUT2D eigenvalue weighted by Gasteiger charge is 2.30. The maximum absolute atomic E-state index is 13.1. The van der Waals surface area contributed by atoms with E-state index in [2.05, 4.69) is 48.5 Å². The zero-order chi connectivity index (χ0) is 68.7. The average Bonchev–Trinajstić information content (AvgIpc) is 2.44. The van der Waals surface area contributed by atoms with Crippen molar-refractivity contribution in [3.8, 4) is 0 Å². The van der Waals surface area contributed by atoms with E-state index < -0.39 is 97.5 Å². The molecule has 0 amide bonds. The number of unbranched alkanes of at least 4 members (excludes halogenated alkanes) is 38. The first kappa shape index (κ1) is 91.1. The van der Waals surface area contributed by atoms with Gasteiger partial charge in [0.05, 0.1) is 26.4 Å². The van der Waals surface area contributed by atoms with Gasteiger partial charge in [0.25, 0.3) is 0 Å². The zero-order valence-electron chi connectivity index (χ0n) is 60.7. The summed E-state index contributed by atoms with van der Waals surface area (Å²) in [5.74, 6) is 0.265. The molecule has 0 aromatic heterocycles. The van der Waals surface area contributed by atoms with Gasteiger partial charge < -0.3 is 33.8 Å². The zero-order valence-corrected chi connectivity index (χ0v) is 62.5. The Morgan fingerprint density at radius 2 is 0.548 bits per heavy atom. The van der Waals surface area contributed by atoms with Crippen molar-refractivity contribution in [1.29, 1.82) is 0 Å². The molecule has 3 N–H and O–H groups in total. The Morgan fingerprint density at radius 3 is 0.817 bits per heavy atom. The van der Waals surface area contributed by atoms with Crippen LogP contribution in [0.15, 0.2) is 0 Å². The highest BCUT2D eigenvalue weighted by molar-refractivity contribution is 7.47. The van der Waals surface area contributed by atoms with Crippen LogP contribution in [-0.2, 0) is 65.4 Å². The van der Waals surface area contributed by atoms with E-state index in [0.29, 0.717) is 31.6 Å². The monoisotopic (exact) mass is 1370 g/mol. The highest BCUT2D eigenvalue weighted by atomic mass is 31.2. The van der Waals surface area contributed by atoms with Crippen molar-refractivity contribution < 1.29 is 80.2 Å². The van der Waals surface area contributed by atoms with Crippen LogP contribution in [0.5, 0.6) is 0 Å². The third-order valence-electron chi connectivity index (χ3n) is 17.9. The predicted octanol–water partition coefficient (Wildman–Crippen LogP) is 21.4. The fourth-order valence-electron chi connectivity index (χ4n) is 11.2. The molecular weight excluding hydrogens is 1220 g/mol. The van der Waals surface area contributed by atoms with Crippen LogP contribution < -0.4 is 0 Å². The van der Waals surface area contributed by atoms with Gasteiger partial charge in [-0.25, -0.2) is 9.13 Å². The lowest BCUT2D eigenvalue weighted by Crippen LogP contribution is -2.30. The molecule has 552 valence electrons. The van der Waals surface area contributed by atoms with Gasteiger partial charge in [0, 0.05) is 25.7 Å². The number of hydrogen-bond acceptors (Lipinski definition) is 15. The van der Waals surface area contributed by atoms with Crippen LogP contribution in [-0.4, -0.2) is 96.7 Å². The van der Waals surface area contributed by atoms with E-state index in [-0.39, 0.29) is 25.7 Å². The number of esters is 4. The SMILES string of the molecule is CCCCCCCCCC(=O)OC[C@H](COP(=O)(O)OC[C@H](O)COP(=O)(O)OC[C@@H](COC(=O)CCCCCCCCCCCCCCCCC(C)CC)OC(=O)CCCCCCCCCCCCCCCCC(C)CC)OC(=O)CCCCCCCCCC(C)C. The minimum absolute atomic E-state index is 0.103. The summed E-state index contributed by atoms with van der Waals surface area (Å²) in [7, 11) is -9.90. The maximum Gasteiger partial charge on any atom is 0.472 e. The first-order valence-corrected chi connectivity index (χ1v) is 41.4. The van der Waals surface area contributed by atoms with Crippen LogP contribution in [0.2, 0.25) is 0 Å². The minimum Gasteiger partial charge on any atom is -0.462 e. The van der Waals surface area contributed by atoms with E-state index in [4.69, 9.17) is 37.0 Å². The van der Waals surface area contributed by atoms with Gasteiger partial charge in [-0.05, 0) is 43.4 Å². The third kappa shape index (κ3) is 65.8. The van der Waals surface area contributed by atoms with Crippen molar-refractivity contribution in [3.05, 3.63) is 0 Å². The van der Waals surface area contributed by atoms with Crippen LogP contribution in [0.1, 0.15) is 376 Å². The van der Waals surface area contributed by atoms with Crippen LogP contribution in [0, 0.1) is 17.8 Å². The van der Waals surface area contributed by atoms with Crippen molar-refractivity contribution in [1.82, 2.24) is 0 Å². The Morgan fingerprint density at radius 1 is 0.312 bits per heavy atom. The standard InChI is InChI=1S/C74H144O17P2/c1-8-11-12-13-31-41-48-55-71(76)84-61-69(91-74(79)58-51-44-37-30-32-38-45-52-65(4)5)63-88-92(80,81)86-59-68(75)60-87-93(82,83)89-64-70(90-73(78)57-50-43-36-29-25-21-17-15-19-23-27-34-40-47-54-67(7)10-3)62-85-72(77)56-49-42-35-28-24-20-16-14-18-22-26-33-39-46-53-66(6)9-2/h65-70,75H,8-64H2,1-7H3,(H,80,81)(H,82,83)/t66?,67?,68-,69+,70+/m0/s1. The van der Waals surface area contributed by atoms with Gasteiger partial charge in [-0.3, -0.25) is 37.3 Å². The van der Waals surface area contributed by atoms with Gasteiger partial charge in [0.2, 0.25) is 0 Å². The van der Waals surface area contributed by atoms with E-state index in [1.807, 2.05) is 0 Å². The second-order valence-corrected chi connectivity index (χ2v) is 30.6. The number of rotatable bonds is 72. The Bertz CT molecular complexity index is 1820. The molecule has 0 aliphatic carbocycles. The third-order valence-corrected chi connectivity index (χ3v) is 19.8. The van der Waals surface area contributed by atoms with Crippen molar-refractivity contribution in [2.24, 2.45) is 17.8 Å². The Kier molecular flexibility index (Phi) is 63.4. The fraction of sp³-hybridized carbons (Fsp3) is 0.946. The first-order valence-electron chi connectivity index (χ1n) is 38.4.